The van der Waals surface area contributed by atoms with Gasteiger partial charge in [-0.05, 0) is 30.3 Å². The van der Waals surface area contributed by atoms with Crippen molar-refractivity contribution in [1.29, 1.82) is 0 Å². The Kier molecular flexibility index (Phi) is 2.50. The van der Waals surface area contributed by atoms with Gasteiger partial charge in [-0.1, -0.05) is 6.07 Å². The van der Waals surface area contributed by atoms with Gasteiger partial charge in [-0.25, -0.2) is 4.98 Å². The van der Waals surface area contributed by atoms with Crippen molar-refractivity contribution >= 4 is 5.65 Å². The summed E-state index contributed by atoms with van der Waals surface area (Å²) in [6.07, 6.45) is 3.91. The maximum absolute atomic E-state index is 9.28. The van der Waals surface area contributed by atoms with Gasteiger partial charge in [0.25, 0.3) is 0 Å². The third kappa shape index (κ3) is 1.72. The van der Waals surface area contributed by atoms with E-state index in [9.17, 15) is 5.11 Å². The topological polar surface area (TPSA) is 63.5 Å². The first-order valence-electron chi connectivity index (χ1n) is 5.74. The normalized spacial score (nSPS) is 10.9. The number of nitrogens with zero attached hydrogens (tertiary/aromatic N) is 2. The van der Waals surface area contributed by atoms with Gasteiger partial charge < -0.3 is 15.2 Å². The minimum atomic E-state index is 0.255. The maximum atomic E-state index is 9.28. The van der Waals surface area contributed by atoms with Crippen molar-refractivity contribution in [2.75, 3.05) is 0 Å². The van der Waals surface area contributed by atoms with Crippen molar-refractivity contribution in [2.45, 2.75) is 6.54 Å². The molecule has 3 rings (SSSR count). The Balaban J connectivity index is 2.16. The summed E-state index contributed by atoms with van der Waals surface area (Å²) >= 11 is 0. The van der Waals surface area contributed by atoms with Crippen LogP contribution in [0.1, 0.15) is 5.56 Å². The number of hydrogen-bond acceptors (Lipinski definition) is 3. The molecule has 2 heterocycles. The van der Waals surface area contributed by atoms with Gasteiger partial charge in [0, 0.05) is 30.1 Å². The van der Waals surface area contributed by atoms with Crippen LogP contribution in [0.4, 0.5) is 0 Å². The van der Waals surface area contributed by atoms with Gasteiger partial charge >= 0.3 is 0 Å². The molecule has 90 valence electrons. The molecule has 0 bridgehead atoms. The van der Waals surface area contributed by atoms with Gasteiger partial charge in [0.2, 0.25) is 0 Å². The fraction of sp³-hybridized carbons (Fsp3) is 0.0714. The van der Waals surface area contributed by atoms with E-state index in [1.807, 2.05) is 41.1 Å². The minimum absolute atomic E-state index is 0.255. The zero-order valence-corrected chi connectivity index (χ0v) is 9.74. The van der Waals surface area contributed by atoms with E-state index in [2.05, 4.69) is 4.98 Å². The molecule has 1 aromatic carbocycles. The number of aromatic hydroxyl groups is 1. The van der Waals surface area contributed by atoms with Crippen molar-refractivity contribution in [2.24, 2.45) is 5.73 Å². The lowest BCUT2D eigenvalue weighted by Gasteiger charge is -1.98. The number of aromatic nitrogens is 2. The number of phenolic OH excluding ortho intramolecular Hbond substituents is 1. The first-order valence-corrected chi connectivity index (χ1v) is 5.74. The summed E-state index contributed by atoms with van der Waals surface area (Å²) in [6.45, 7) is 0.469. The Bertz CT molecular complexity index is 686. The van der Waals surface area contributed by atoms with E-state index in [0.717, 1.165) is 22.5 Å². The van der Waals surface area contributed by atoms with Crippen LogP contribution in [-0.4, -0.2) is 14.5 Å². The third-order valence-corrected chi connectivity index (χ3v) is 2.95. The van der Waals surface area contributed by atoms with Crippen LogP contribution in [0.3, 0.4) is 0 Å². The first kappa shape index (κ1) is 10.8. The maximum Gasteiger partial charge on any atom is 0.141 e. The number of pyridine rings is 1. The molecule has 0 spiro atoms. The van der Waals surface area contributed by atoms with E-state index >= 15 is 0 Å². The van der Waals surface area contributed by atoms with Gasteiger partial charge in [0.15, 0.2) is 0 Å². The summed E-state index contributed by atoms with van der Waals surface area (Å²) in [7, 11) is 0. The fourth-order valence-corrected chi connectivity index (χ4v) is 2.00. The van der Waals surface area contributed by atoms with Crippen LogP contribution in [-0.2, 0) is 6.54 Å². The summed E-state index contributed by atoms with van der Waals surface area (Å²) in [4.78, 5) is 4.58. The van der Waals surface area contributed by atoms with Crippen LogP contribution in [0.15, 0.2) is 48.8 Å². The summed E-state index contributed by atoms with van der Waals surface area (Å²) in [5, 5.41) is 9.28. The summed E-state index contributed by atoms with van der Waals surface area (Å²) < 4.78 is 1.96. The second-order valence-corrected chi connectivity index (χ2v) is 4.14. The lowest BCUT2D eigenvalue weighted by molar-refractivity contribution is 0.475. The van der Waals surface area contributed by atoms with E-state index < -0.39 is 0 Å². The van der Waals surface area contributed by atoms with Crippen LogP contribution < -0.4 is 5.73 Å². The molecule has 0 radical (unpaired) electrons. The number of hydrogen-bond donors (Lipinski definition) is 2. The molecule has 0 atom stereocenters. The summed E-state index contributed by atoms with van der Waals surface area (Å²) in [5.41, 5.74) is 9.43. The number of benzene rings is 1. The average molecular weight is 239 g/mol. The molecule has 3 aromatic rings. The number of phenols is 1. The Labute approximate surface area is 104 Å². The lowest BCUT2D eigenvalue weighted by Crippen LogP contribution is -1.99. The molecule has 0 unspecified atom stereocenters. The van der Waals surface area contributed by atoms with Crippen molar-refractivity contribution in [3.8, 4) is 17.0 Å². The van der Waals surface area contributed by atoms with Crippen LogP contribution in [0, 0.1) is 0 Å². The quantitative estimate of drug-likeness (QED) is 0.720. The number of imidazole rings is 1. The van der Waals surface area contributed by atoms with Gasteiger partial charge in [-0.15, -0.1) is 0 Å². The van der Waals surface area contributed by atoms with Gasteiger partial charge in [0.05, 0.1) is 5.69 Å². The average Bonchev–Trinajstić information content (AvgIpc) is 2.83. The predicted octanol–water partition coefficient (Wildman–Crippen LogP) is 2.17. The second kappa shape index (κ2) is 4.16. The number of fused-ring (bicyclic) bond motifs is 1. The molecule has 0 saturated heterocycles. The lowest BCUT2D eigenvalue weighted by atomic mass is 10.2. The van der Waals surface area contributed by atoms with Crippen LogP contribution in [0.25, 0.3) is 16.9 Å². The summed E-state index contributed by atoms with van der Waals surface area (Å²) in [6, 6.07) is 10.9. The van der Waals surface area contributed by atoms with Crippen molar-refractivity contribution < 1.29 is 5.11 Å². The first-order chi connectivity index (χ1) is 8.78. The van der Waals surface area contributed by atoms with E-state index in [1.54, 1.807) is 12.1 Å². The molecule has 2 aromatic heterocycles. The SMILES string of the molecule is NCc1cccn2cc(-c3ccc(O)cc3)nc12. The second-order valence-electron chi connectivity index (χ2n) is 4.14. The van der Waals surface area contributed by atoms with Crippen LogP contribution in [0.2, 0.25) is 0 Å². The monoisotopic (exact) mass is 239 g/mol. The summed E-state index contributed by atoms with van der Waals surface area (Å²) in [5.74, 6) is 0.255. The zero-order valence-electron chi connectivity index (χ0n) is 9.74. The molecular formula is C14H13N3O. The predicted molar refractivity (Wildman–Crippen MR) is 70.2 cm³/mol. The molecule has 4 heteroatoms. The molecule has 0 saturated carbocycles. The van der Waals surface area contributed by atoms with Gasteiger partial charge in [-0.2, -0.15) is 0 Å². The Morgan fingerprint density at radius 1 is 1.17 bits per heavy atom. The molecule has 0 aliphatic heterocycles. The van der Waals surface area contributed by atoms with E-state index in [-0.39, 0.29) is 5.75 Å². The van der Waals surface area contributed by atoms with E-state index in [0.29, 0.717) is 6.54 Å². The highest BCUT2D eigenvalue weighted by Gasteiger charge is 2.06. The molecule has 18 heavy (non-hydrogen) atoms. The number of rotatable bonds is 2. The highest BCUT2D eigenvalue weighted by atomic mass is 16.3. The molecular weight excluding hydrogens is 226 g/mol. The molecule has 0 aliphatic rings. The van der Waals surface area contributed by atoms with Gasteiger partial charge in [-0.3, -0.25) is 0 Å². The molecule has 3 N–H and O–H groups in total. The third-order valence-electron chi connectivity index (χ3n) is 2.95. The fourth-order valence-electron chi connectivity index (χ4n) is 2.00. The van der Waals surface area contributed by atoms with E-state index in [1.165, 1.54) is 0 Å². The number of nitrogens with two attached hydrogens (primary N) is 1. The van der Waals surface area contributed by atoms with E-state index in [4.69, 9.17) is 5.73 Å². The molecule has 0 fully saturated rings. The standard InChI is InChI=1S/C14H13N3O/c15-8-11-2-1-7-17-9-13(16-14(11)17)10-3-5-12(18)6-4-10/h1-7,9,18H,8,15H2. The van der Waals surface area contributed by atoms with Crippen LogP contribution >= 0.6 is 0 Å². The molecule has 0 aliphatic carbocycles. The van der Waals surface area contributed by atoms with Crippen molar-refractivity contribution in [3.05, 3.63) is 54.4 Å². The van der Waals surface area contributed by atoms with Crippen molar-refractivity contribution in [1.82, 2.24) is 9.38 Å². The zero-order chi connectivity index (χ0) is 12.5. The van der Waals surface area contributed by atoms with Crippen molar-refractivity contribution in [3.63, 3.8) is 0 Å². The minimum Gasteiger partial charge on any atom is -0.508 e. The van der Waals surface area contributed by atoms with Gasteiger partial charge in [0.1, 0.15) is 11.4 Å². The smallest absolute Gasteiger partial charge is 0.141 e. The molecule has 4 nitrogen and oxygen atoms in total. The highest BCUT2D eigenvalue weighted by molar-refractivity contribution is 5.64. The van der Waals surface area contributed by atoms with Crippen LogP contribution in [0.5, 0.6) is 5.75 Å². The largest absolute Gasteiger partial charge is 0.508 e. The Morgan fingerprint density at radius 3 is 2.67 bits per heavy atom. The highest BCUT2D eigenvalue weighted by Crippen LogP contribution is 2.22. The Hall–Kier alpha value is -2.33. The molecule has 0 amide bonds. The Morgan fingerprint density at radius 2 is 1.94 bits per heavy atom.